The number of rotatable bonds is 10. The molecule has 0 aliphatic carbocycles. The van der Waals surface area contributed by atoms with E-state index in [4.69, 9.17) is 11.5 Å². The Kier molecular flexibility index (Phi) is 15.2. The Morgan fingerprint density at radius 1 is 0.700 bits per heavy atom. The minimum absolute atomic E-state index is 0.822. The first-order valence-electron chi connectivity index (χ1n) is 8.31. The summed E-state index contributed by atoms with van der Waals surface area (Å²) in [5.74, 6) is 0. The minimum atomic E-state index is 0.822. The van der Waals surface area contributed by atoms with E-state index in [9.17, 15) is 0 Å². The highest BCUT2D eigenvalue weighted by molar-refractivity contribution is 5.35. The number of nitrogens with two attached hydrogens (primary N) is 2. The quantitative estimate of drug-likeness (QED) is 0.460. The molecule has 20 heavy (non-hydrogen) atoms. The third-order valence-corrected chi connectivity index (χ3v) is 3.36. The smallest absolute Gasteiger partial charge is 0.0313 e. The summed E-state index contributed by atoms with van der Waals surface area (Å²) < 4.78 is 0. The number of hydrogen-bond donors (Lipinski definition) is 2. The molecule has 0 bridgehead atoms. The van der Waals surface area contributed by atoms with E-state index in [0.29, 0.717) is 0 Å². The van der Waals surface area contributed by atoms with Crippen molar-refractivity contribution < 1.29 is 0 Å². The summed E-state index contributed by atoms with van der Waals surface area (Å²) in [6.07, 6.45) is 13.9. The maximum atomic E-state index is 5.42. The number of anilines is 1. The van der Waals surface area contributed by atoms with Gasteiger partial charge in [0.25, 0.3) is 0 Å². The van der Waals surface area contributed by atoms with Crippen molar-refractivity contribution >= 4 is 5.69 Å². The lowest BCUT2D eigenvalue weighted by atomic mass is 10.1. The lowest BCUT2D eigenvalue weighted by Gasteiger charge is -2.00. The van der Waals surface area contributed by atoms with Gasteiger partial charge in [0.1, 0.15) is 0 Å². The van der Waals surface area contributed by atoms with E-state index in [0.717, 1.165) is 12.2 Å². The van der Waals surface area contributed by atoms with Crippen molar-refractivity contribution in [2.75, 3.05) is 12.3 Å². The lowest BCUT2D eigenvalue weighted by Crippen LogP contribution is -1.97. The van der Waals surface area contributed by atoms with Gasteiger partial charge >= 0.3 is 0 Å². The molecule has 0 radical (unpaired) electrons. The molecule has 4 N–H and O–H groups in total. The molecule has 1 aromatic carbocycles. The predicted octanol–water partition coefficient (Wildman–Crippen LogP) is 5.13. The van der Waals surface area contributed by atoms with Gasteiger partial charge in [0.2, 0.25) is 0 Å². The highest BCUT2D eigenvalue weighted by Crippen LogP contribution is 2.09. The van der Waals surface area contributed by atoms with Crippen LogP contribution in [0.5, 0.6) is 0 Å². The number of unbranched alkanes of at least 4 members (excludes halogenated alkanes) is 9. The van der Waals surface area contributed by atoms with E-state index in [-0.39, 0.29) is 0 Å². The van der Waals surface area contributed by atoms with E-state index in [1.165, 1.54) is 64.2 Å². The Morgan fingerprint density at radius 2 is 1.15 bits per heavy atom. The summed E-state index contributed by atoms with van der Waals surface area (Å²) >= 11 is 0. The van der Waals surface area contributed by atoms with Crippen molar-refractivity contribution in [1.82, 2.24) is 0 Å². The second-order valence-electron chi connectivity index (χ2n) is 5.38. The molecule has 116 valence electrons. The SMILES string of the molecule is CCCCCCCCCCCCN.Nc1ccccc1. The summed E-state index contributed by atoms with van der Waals surface area (Å²) in [6, 6.07) is 9.49. The zero-order chi connectivity index (χ0) is 14.9. The molecular weight excluding hydrogens is 244 g/mol. The third-order valence-electron chi connectivity index (χ3n) is 3.36. The molecule has 0 amide bonds. The number of para-hydroxylation sites is 1. The van der Waals surface area contributed by atoms with Crippen LogP contribution in [0.2, 0.25) is 0 Å². The molecular formula is C18H34N2. The number of benzene rings is 1. The average Bonchev–Trinajstić information content (AvgIpc) is 2.47. The maximum Gasteiger partial charge on any atom is 0.0313 e. The molecule has 2 heteroatoms. The summed E-state index contributed by atoms with van der Waals surface area (Å²) in [4.78, 5) is 0. The zero-order valence-electron chi connectivity index (χ0n) is 13.3. The van der Waals surface area contributed by atoms with Gasteiger partial charge in [0.15, 0.2) is 0 Å². The second kappa shape index (κ2) is 16.0. The van der Waals surface area contributed by atoms with Crippen molar-refractivity contribution in [2.24, 2.45) is 5.73 Å². The molecule has 0 unspecified atom stereocenters. The Morgan fingerprint density at radius 3 is 1.50 bits per heavy atom. The van der Waals surface area contributed by atoms with Crippen LogP contribution < -0.4 is 11.5 Å². The molecule has 0 heterocycles. The van der Waals surface area contributed by atoms with Crippen LogP contribution in [-0.4, -0.2) is 6.54 Å². The molecule has 0 aromatic heterocycles. The van der Waals surface area contributed by atoms with Crippen LogP contribution in [0.15, 0.2) is 30.3 Å². The molecule has 1 aromatic rings. The number of nitrogen functional groups attached to an aromatic ring is 1. The summed E-state index contributed by atoms with van der Waals surface area (Å²) in [5, 5.41) is 0. The molecule has 0 spiro atoms. The largest absolute Gasteiger partial charge is 0.399 e. The fourth-order valence-electron chi connectivity index (χ4n) is 2.08. The van der Waals surface area contributed by atoms with E-state index in [2.05, 4.69) is 6.92 Å². The molecule has 0 saturated heterocycles. The zero-order valence-corrected chi connectivity index (χ0v) is 13.3. The van der Waals surface area contributed by atoms with Crippen molar-refractivity contribution in [2.45, 2.75) is 71.1 Å². The lowest BCUT2D eigenvalue weighted by molar-refractivity contribution is 0.558. The van der Waals surface area contributed by atoms with Gasteiger partial charge in [0.05, 0.1) is 0 Å². The fraction of sp³-hybridized carbons (Fsp3) is 0.667. The molecule has 2 nitrogen and oxygen atoms in total. The predicted molar refractivity (Wildman–Crippen MR) is 91.8 cm³/mol. The molecule has 0 fully saturated rings. The van der Waals surface area contributed by atoms with Gasteiger partial charge < -0.3 is 11.5 Å². The van der Waals surface area contributed by atoms with Gasteiger partial charge in [0, 0.05) is 5.69 Å². The summed E-state index contributed by atoms with van der Waals surface area (Å²) in [6.45, 7) is 3.14. The average molecular weight is 278 g/mol. The first-order valence-corrected chi connectivity index (χ1v) is 8.31. The normalized spacial score (nSPS) is 9.90. The Balaban J connectivity index is 0.000000428. The van der Waals surface area contributed by atoms with E-state index >= 15 is 0 Å². The topological polar surface area (TPSA) is 52.0 Å². The van der Waals surface area contributed by atoms with Crippen LogP contribution in [0.3, 0.4) is 0 Å². The standard InChI is InChI=1S/C12H27N.C6H7N/c1-2-3-4-5-6-7-8-9-10-11-12-13;7-6-4-2-1-3-5-6/h2-13H2,1H3;1-5H,7H2. The Hall–Kier alpha value is -1.02. The van der Waals surface area contributed by atoms with Crippen molar-refractivity contribution in [3.8, 4) is 0 Å². The molecule has 1 rings (SSSR count). The van der Waals surface area contributed by atoms with Gasteiger partial charge in [-0.1, -0.05) is 82.9 Å². The molecule has 0 atom stereocenters. The Bertz CT molecular complexity index is 262. The third kappa shape index (κ3) is 15.0. The second-order valence-corrected chi connectivity index (χ2v) is 5.38. The van der Waals surface area contributed by atoms with Crippen LogP contribution in [0.4, 0.5) is 5.69 Å². The highest BCUT2D eigenvalue weighted by Gasteiger charge is 1.91. The molecule has 0 aliphatic rings. The summed E-state index contributed by atoms with van der Waals surface area (Å²) in [5.41, 5.74) is 11.6. The monoisotopic (exact) mass is 278 g/mol. The van der Waals surface area contributed by atoms with Gasteiger partial charge in [-0.25, -0.2) is 0 Å². The van der Waals surface area contributed by atoms with Gasteiger partial charge in [-0.05, 0) is 25.1 Å². The van der Waals surface area contributed by atoms with Crippen LogP contribution in [-0.2, 0) is 0 Å². The number of hydrogen-bond acceptors (Lipinski definition) is 2. The van der Waals surface area contributed by atoms with Gasteiger partial charge in [-0.15, -0.1) is 0 Å². The summed E-state index contributed by atoms with van der Waals surface area (Å²) in [7, 11) is 0. The van der Waals surface area contributed by atoms with Gasteiger partial charge in [-0.3, -0.25) is 0 Å². The van der Waals surface area contributed by atoms with Crippen molar-refractivity contribution in [3.05, 3.63) is 30.3 Å². The van der Waals surface area contributed by atoms with Crippen LogP contribution >= 0.6 is 0 Å². The minimum Gasteiger partial charge on any atom is -0.399 e. The van der Waals surface area contributed by atoms with Crippen LogP contribution in [0, 0.1) is 0 Å². The first kappa shape index (κ1) is 19.0. The van der Waals surface area contributed by atoms with Crippen LogP contribution in [0.25, 0.3) is 0 Å². The van der Waals surface area contributed by atoms with Crippen molar-refractivity contribution in [1.29, 1.82) is 0 Å². The Labute approximate surface area is 125 Å². The maximum absolute atomic E-state index is 5.42. The first-order chi connectivity index (χ1) is 9.81. The fourth-order valence-corrected chi connectivity index (χ4v) is 2.08. The van der Waals surface area contributed by atoms with Crippen molar-refractivity contribution in [3.63, 3.8) is 0 Å². The van der Waals surface area contributed by atoms with E-state index in [1.807, 2.05) is 30.3 Å². The van der Waals surface area contributed by atoms with Gasteiger partial charge in [-0.2, -0.15) is 0 Å². The molecule has 0 aliphatic heterocycles. The van der Waals surface area contributed by atoms with E-state index in [1.54, 1.807) is 0 Å². The highest BCUT2D eigenvalue weighted by atomic mass is 14.5. The molecule has 0 saturated carbocycles. The van der Waals surface area contributed by atoms with Crippen LogP contribution in [0.1, 0.15) is 71.1 Å². The van der Waals surface area contributed by atoms with E-state index < -0.39 is 0 Å².